The summed E-state index contributed by atoms with van der Waals surface area (Å²) in [6, 6.07) is 5.22. The second kappa shape index (κ2) is 4.98. The fourth-order valence-electron chi connectivity index (χ4n) is 2.01. The molecule has 1 aromatic rings. The molecule has 0 heterocycles. The SMILES string of the molecule is NC1CCC(=Cc2cccc(F)c2Cl)CC1. The Morgan fingerprint density at radius 1 is 1.31 bits per heavy atom. The molecule has 0 bridgehead atoms. The highest BCUT2D eigenvalue weighted by molar-refractivity contribution is 6.32. The van der Waals surface area contributed by atoms with Crippen molar-refractivity contribution in [3.05, 3.63) is 40.2 Å². The molecule has 3 heteroatoms. The summed E-state index contributed by atoms with van der Waals surface area (Å²) in [5.74, 6) is -0.358. The lowest BCUT2D eigenvalue weighted by Gasteiger charge is -2.20. The van der Waals surface area contributed by atoms with Crippen LogP contribution in [0.15, 0.2) is 23.8 Å². The molecule has 86 valence electrons. The molecule has 0 atom stereocenters. The summed E-state index contributed by atoms with van der Waals surface area (Å²) >= 11 is 5.90. The summed E-state index contributed by atoms with van der Waals surface area (Å²) in [5, 5.41) is 0.213. The van der Waals surface area contributed by atoms with Gasteiger partial charge in [-0.15, -0.1) is 0 Å². The zero-order chi connectivity index (χ0) is 11.5. The molecule has 1 aromatic carbocycles. The van der Waals surface area contributed by atoms with E-state index in [9.17, 15) is 4.39 Å². The quantitative estimate of drug-likeness (QED) is 0.793. The standard InChI is InChI=1S/C13H15ClFN/c14-13-10(2-1-3-12(13)15)8-9-4-6-11(16)7-5-9/h1-3,8,11H,4-7,16H2. The number of benzene rings is 1. The van der Waals surface area contributed by atoms with Crippen LogP contribution in [0.25, 0.3) is 6.08 Å². The van der Waals surface area contributed by atoms with E-state index in [2.05, 4.69) is 0 Å². The molecule has 2 N–H and O–H groups in total. The number of rotatable bonds is 1. The number of hydrogen-bond donors (Lipinski definition) is 1. The van der Waals surface area contributed by atoms with Gasteiger partial charge in [0, 0.05) is 6.04 Å². The van der Waals surface area contributed by atoms with Gasteiger partial charge < -0.3 is 5.73 Å². The van der Waals surface area contributed by atoms with Crippen molar-refractivity contribution in [2.45, 2.75) is 31.7 Å². The fraction of sp³-hybridized carbons (Fsp3) is 0.385. The normalized spacial score (nSPS) is 20.9. The van der Waals surface area contributed by atoms with Crippen LogP contribution in [-0.2, 0) is 0 Å². The zero-order valence-corrected chi connectivity index (χ0v) is 9.80. The fourth-order valence-corrected chi connectivity index (χ4v) is 2.19. The molecule has 0 aliphatic heterocycles. The van der Waals surface area contributed by atoms with Gasteiger partial charge in [-0.3, -0.25) is 0 Å². The van der Waals surface area contributed by atoms with Crippen molar-refractivity contribution >= 4 is 17.7 Å². The minimum absolute atomic E-state index is 0.213. The van der Waals surface area contributed by atoms with E-state index in [0.29, 0.717) is 6.04 Å². The van der Waals surface area contributed by atoms with Gasteiger partial charge in [0.25, 0.3) is 0 Å². The molecule has 1 aliphatic rings. The van der Waals surface area contributed by atoms with E-state index in [1.807, 2.05) is 12.1 Å². The lowest BCUT2D eigenvalue weighted by molar-refractivity contribution is 0.514. The second-order valence-electron chi connectivity index (χ2n) is 4.28. The smallest absolute Gasteiger partial charge is 0.142 e. The Hall–Kier alpha value is -0.860. The van der Waals surface area contributed by atoms with Crippen LogP contribution in [-0.4, -0.2) is 6.04 Å². The molecule has 0 amide bonds. The van der Waals surface area contributed by atoms with Crippen molar-refractivity contribution in [1.29, 1.82) is 0 Å². The maximum atomic E-state index is 13.2. The average Bonchev–Trinajstić information content (AvgIpc) is 2.28. The van der Waals surface area contributed by atoms with Crippen LogP contribution in [0.4, 0.5) is 4.39 Å². The molecule has 0 unspecified atom stereocenters. The Morgan fingerprint density at radius 2 is 2.00 bits per heavy atom. The van der Waals surface area contributed by atoms with Crippen molar-refractivity contribution < 1.29 is 4.39 Å². The van der Waals surface area contributed by atoms with Crippen LogP contribution in [0.3, 0.4) is 0 Å². The lowest BCUT2D eigenvalue weighted by Crippen LogP contribution is -2.23. The van der Waals surface area contributed by atoms with Crippen LogP contribution in [0, 0.1) is 5.82 Å². The number of hydrogen-bond acceptors (Lipinski definition) is 1. The lowest BCUT2D eigenvalue weighted by atomic mass is 9.90. The van der Waals surface area contributed by atoms with Crippen LogP contribution in [0.5, 0.6) is 0 Å². The molecular weight excluding hydrogens is 225 g/mol. The highest BCUT2D eigenvalue weighted by atomic mass is 35.5. The minimum atomic E-state index is -0.358. The summed E-state index contributed by atoms with van der Waals surface area (Å²) < 4.78 is 13.2. The van der Waals surface area contributed by atoms with Crippen molar-refractivity contribution in [1.82, 2.24) is 0 Å². The van der Waals surface area contributed by atoms with E-state index in [1.54, 1.807) is 6.07 Å². The van der Waals surface area contributed by atoms with Crippen LogP contribution in [0.1, 0.15) is 31.2 Å². The van der Waals surface area contributed by atoms with Gasteiger partial charge in [-0.25, -0.2) is 4.39 Å². The maximum absolute atomic E-state index is 13.2. The monoisotopic (exact) mass is 239 g/mol. The van der Waals surface area contributed by atoms with E-state index >= 15 is 0 Å². The first kappa shape index (κ1) is 11.6. The molecule has 0 aromatic heterocycles. The predicted molar refractivity (Wildman–Crippen MR) is 65.8 cm³/mol. The van der Waals surface area contributed by atoms with Crippen molar-refractivity contribution in [2.24, 2.45) is 5.73 Å². The van der Waals surface area contributed by atoms with E-state index in [4.69, 9.17) is 17.3 Å². The molecule has 1 aliphatic carbocycles. The third-order valence-corrected chi connectivity index (χ3v) is 3.41. The summed E-state index contributed by atoms with van der Waals surface area (Å²) in [6.07, 6.45) is 6.01. The molecule has 0 spiro atoms. The number of halogens is 2. The van der Waals surface area contributed by atoms with Gasteiger partial charge in [0.15, 0.2) is 0 Å². The van der Waals surface area contributed by atoms with Crippen LogP contribution >= 0.6 is 11.6 Å². The van der Waals surface area contributed by atoms with Crippen molar-refractivity contribution in [2.75, 3.05) is 0 Å². The summed E-state index contributed by atoms with van der Waals surface area (Å²) in [4.78, 5) is 0. The van der Waals surface area contributed by atoms with Gasteiger partial charge in [-0.2, -0.15) is 0 Å². The maximum Gasteiger partial charge on any atom is 0.142 e. The largest absolute Gasteiger partial charge is 0.328 e. The van der Waals surface area contributed by atoms with E-state index in [1.165, 1.54) is 11.6 Å². The first-order valence-electron chi connectivity index (χ1n) is 5.56. The van der Waals surface area contributed by atoms with Gasteiger partial charge in [0.05, 0.1) is 5.02 Å². The Labute approximate surface area is 100 Å². The Kier molecular flexibility index (Phi) is 3.62. The van der Waals surface area contributed by atoms with Gasteiger partial charge in [0.2, 0.25) is 0 Å². The van der Waals surface area contributed by atoms with E-state index in [0.717, 1.165) is 31.2 Å². The molecule has 0 radical (unpaired) electrons. The molecule has 1 saturated carbocycles. The highest BCUT2D eigenvalue weighted by Gasteiger charge is 2.13. The number of allylic oxidation sites excluding steroid dienone is 1. The van der Waals surface area contributed by atoms with Crippen molar-refractivity contribution in [3.63, 3.8) is 0 Å². The Balaban J connectivity index is 2.19. The summed E-state index contributed by atoms with van der Waals surface area (Å²) in [6.45, 7) is 0. The van der Waals surface area contributed by atoms with E-state index in [-0.39, 0.29) is 10.8 Å². The third kappa shape index (κ3) is 2.63. The third-order valence-electron chi connectivity index (χ3n) is 3.01. The van der Waals surface area contributed by atoms with Crippen LogP contribution in [0.2, 0.25) is 5.02 Å². The first-order valence-corrected chi connectivity index (χ1v) is 5.93. The molecular formula is C13H15ClFN. The summed E-state index contributed by atoms with van der Waals surface area (Å²) in [5.41, 5.74) is 7.92. The topological polar surface area (TPSA) is 26.0 Å². The molecule has 16 heavy (non-hydrogen) atoms. The van der Waals surface area contributed by atoms with Gasteiger partial charge >= 0.3 is 0 Å². The molecule has 1 nitrogen and oxygen atoms in total. The van der Waals surface area contributed by atoms with Crippen LogP contribution < -0.4 is 5.73 Å². The Morgan fingerprint density at radius 3 is 2.69 bits per heavy atom. The predicted octanol–water partition coefficient (Wildman–Crippen LogP) is 3.76. The summed E-state index contributed by atoms with van der Waals surface area (Å²) in [7, 11) is 0. The molecule has 0 saturated heterocycles. The van der Waals surface area contributed by atoms with Gasteiger partial charge in [-0.05, 0) is 37.3 Å². The first-order chi connectivity index (χ1) is 7.66. The number of nitrogens with two attached hydrogens (primary N) is 1. The highest BCUT2D eigenvalue weighted by Crippen LogP contribution is 2.28. The van der Waals surface area contributed by atoms with E-state index < -0.39 is 0 Å². The molecule has 2 rings (SSSR count). The van der Waals surface area contributed by atoms with Gasteiger partial charge in [-0.1, -0.05) is 35.4 Å². The average molecular weight is 240 g/mol. The second-order valence-corrected chi connectivity index (χ2v) is 4.66. The zero-order valence-electron chi connectivity index (χ0n) is 9.05. The molecule has 1 fully saturated rings. The Bertz CT molecular complexity index is 404. The minimum Gasteiger partial charge on any atom is -0.328 e. The van der Waals surface area contributed by atoms with Crippen molar-refractivity contribution in [3.8, 4) is 0 Å². The van der Waals surface area contributed by atoms with Gasteiger partial charge in [0.1, 0.15) is 5.82 Å².